The Balaban J connectivity index is 1.74. The molecule has 0 amide bonds. The lowest BCUT2D eigenvalue weighted by Gasteiger charge is -2.57. The first-order valence-corrected chi connectivity index (χ1v) is 11.3. The highest BCUT2D eigenvalue weighted by Gasteiger charge is 2.70. The van der Waals surface area contributed by atoms with Crippen LogP contribution in [0.25, 0.3) is 0 Å². The molecule has 0 aliphatic heterocycles. The SMILES string of the molecule is CC(=O)OCC(=O)[C@@]1(OC(C)=O)CC[C@@H]2[C@H]3CCC4=CC(=O)C=C[C@@]4(C)[C@@H]3C(=O)C[C@]21C. The molecule has 32 heavy (non-hydrogen) atoms. The van der Waals surface area contributed by atoms with Gasteiger partial charge in [-0.1, -0.05) is 25.5 Å². The fourth-order valence-corrected chi connectivity index (χ4v) is 7.23. The maximum Gasteiger partial charge on any atom is 0.303 e. The van der Waals surface area contributed by atoms with Gasteiger partial charge in [-0.15, -0.1) is 0 Å². The summed E-state index contributed by atoms with van der Waals surface area (Å²) in [7, 11) is 0. The van der Waals surface area contributed by atoms with Crippen molar-refractivity contribution < 1.29 is 33.4 Å². The molecule has 0 saturated heterocycles. The van der Waals surface area contributed by atoms with E-state index in [4.69, 9.17) is 9.47 Å². The number of Topliss-reactive ketones (excluding diaryl/α,β-unsaturated/α-hetero) is 2. The maximum atomic E-state index is 13.7. The van der Waals surface area contributed by atoms with Gasteiger partial charge in [0.2, 0.25) is 5.78 Å². The van der Waals surface area contributed by atoms with Gasteiger partial charge in [0, 0.05) is 37.0 Å². The van der Waals surface area contributed by atoms with E-state index in [2.05, 4.69) is 0 Å². The Kier molecular flexibility index (Phi) is 5.30. The van der Waals surface area contributed by atoms with Crippen molar-refractivity contribution in [2.45, 2.75) is 65.4 Å². The molecule has 3 fully saturated rings. The highest BCUT2D eigenvalue weighted by Crippen LogP contribution is 2.66. The van der Waals surface area contributed by atoms with Crippen LogP contribution in [0.4, 0.5) is 0 Å². The molecule has 0 aromatic heterocycles. The summed E-state index contributed by atoms with van der Waals surface area (Å²) in [5, 5.41) is 0. The van der Waals surface area contributed by atoms with Crippen molar-refractivity contribution in [3.63, 3.8) is 0 Å². The average molecular weight is 443 g/mol. The number of carbonyl (C=O) groups is 5. The fourth-order valence-electron chi connectivity index (χ4n) is 7.23. The summed E-state index contributed by atoms with van der Waals surface area (Å²) < 4.78 is 10.7. The molecule has 0 unspecified atom stereocenters. The summed E-state index contributed by atoms with van der Waals surface area (Å²) in [5.74, 6) is -1.93. The number of ether oxygens (including phenoxy) is 2. The van der Waals surface area contributed by atoms with Gasteiger partial charge in [0.15, 0.2) is 18.0 Å². The minimum Gasteiger partial charge on any atom is -0.458 e. The Morgan fingerprint density at radius 3 is 2.47 bits per heavy atom. The van der Waals surface area contributed by atoms with E-state index in [0.717, 1.165) is 18.4 Å². The van der Waals surface area contributed by atoms with Crippen molar-refractivity contribution in [1.82, 2.24) is 0 Å². The zero-order chi connectivity index (χ0) is 23.5. The van der Waals surface area contributed by atoms with Crippen LogP contribution in [0.3, 0.4) is 0 Å². The van der Waals surface area contributed by atoms with Gasteiger partial charge in [-0.25, -0.2) is 0 Å². The first-order chi connectivity index (χ1) is 14.9. The van der Waals surface area contributed by atoms with E-state index in [-0.39, 0.29) is 35.7 Å². The van der Waals surface area contributed by atoms with Crippen LogP contribution in [-0.4, -0.2) is 41.5 Å². The fraction of sp³-hybridized carbons (Fsp3) is 0.640. The highest BCUT2D eigenvalue weighted by molar-refractivity contribution is 6.02. The van der Waals surface area contributed by atoms with Crippen LogP contribution in [0.15, 0.2) is 23.8 Å². The van der Waals surface area contributed by atoms with Crippen LogP contribution in [0.1, 0.15) is 59.8 Å². The van der Waals surface area contributed by atoms with Crippen molar-refractivity contribution in [3.05, 3.63) is 23.8 Å². The molecule has 7 heteroatoms. The number of ketones is 3. The molecule has 0 heterocycles. The number of carbonyl (C=O) groups excluding carboxylic acids is 5. The lowest BCUT2D eigenvalue weighted by molar-refractivity contribution is -0.191. The summed E-state index contributed by atoms with van der Waals surface area (Å²) in [6, 6.07) is 0. The summed E-state index contributed by atoms with van der Waals surface area (Å²) in [4.78, 5) is 62.4. The first kappa shape index (κ1) is 22.6. The lowest BCUT2D eigenvalue weighted by atomic mass is 9.46. The van der Waals surface area contributed by atoms with Crippen molar-refractivity contribution in [2.24, 2.45) is 28.6 Å². The summed E-state index contributed by atoms with van der Waals surface area (Å²) in [6.45, 7) is 5.90. The van der Waals surface area contributed by atoms with E-state index >= 15 is 0 Å². The standard InChI is InChI=1S/C25H30O7/c1-14(26)31-13-21(30)25(32-15(2)27)10-8-19-18-6-5-16-11-17(28)7-9-23(16,3)22(18)20(29)12-24(19,25)4/h7,9,11,18-19,22H,5-6,8,10,12-13H2,1-4H3/t18-,19-,22+,23-,24-,25+/m1/s1. The zero-order valence-corrected chi connectivity index (χ0v) is 19.1. The molecule has 172 valence electrons. The Labute approximate surface area is 187 Å². The van der Waals surface area contributed by atoms with E-state index in [1.165, 1.54) is 13.8 Å². The molecule has 0 aromatic carbocycles. The van der Waals surface area contributed by atoms with Crippen molar-refractivity contribution in [3.8, 4) is 0 Å². The van der Waals surface area contributed by atoms with Crippen LogP contribution in [0.5, 0.6) is 0 Å². The van der Waals surface area contributed by atoms with Crippen molar-refractivity contribution in [1.29, 1.82) is 0 Å². The number of fused-ring (bicyclic) bond motifs is 5. The molecule has 6 atom stereocenters. The van der Waals surface area contributed by atoms with Crippen LogP contribution in [-0.2, 0) is 33.4 Å². The van der Waals surface area contributed by atoms with E-state index in [1.807, 2.05) is 19.9 Å². The molecule has 3 saturated carbocycles. The Morgan fingerprint density at radius 2 is 1.81 bits per heavy atom. The molecule has 4 aliphatic rings. The third-order valence-corrected chi connectivity index (χ3v) is 8.55. The second-order valence-corrected chi connectivity index (χ2v) is 10.2. The summed E-state index contributed by atoms with van der Waals surface area (Å²) in [6.07, 6.45) is 7.60. The predicted molar refractivity (Wildman–Crippen MR) is 113 cm³/mol. The minimum absolute atomic E-state index is 0.00442. The minimum atomic E-state index is -1.49. The number of hydrogen-bond donors (Lipinski definition) is 0. The van der Waals surface area contributed by atoms with Crippen molar-refractivity contribution in [2.75, 3.05) is 6.61 Å². The maximum absolute atomic E-state index is 13.7. The molecule has 0 bridgehead atoms. The average Bonchev–Trinajstić information content (AvgIpc) is 2.98. The number of esters is 2. The van der Waals surface area contributed by atoms with Gasteiger partial charge in [0.05, 0.1) is 0 Å². The van der Waals surface area contributed by atoms with Gasteiger partial charge in [0.1, 0.15) is 5.78 Å². The van der Waals surface area contributed by atoms with Gasteiger partial charge in [-0.3, -0.25) is 24.0 Å². The lowest BCUT2D eigenvalue weighted by Crippen LogP contribution is -2.62. The Morgan fingerprint density at radius 1 is 1.09 bits per heavy atom. The summed E-state index contributed by atoms with van der Waals surface area (Å²) in [5.41, 5.74) is -1.88. The van der Waals surface area contributed by atoms with E-state index in [9.17, 15) is 24.0 Å². The molecule has 0 spiro atoms. The van der Waals surface area contributed by atoms with Crippen LogP contribution in [0.2, 0.25) is 0 Å². The largest absolute Gasteiger partial charge is 0.458 e. The molecule has 0 radical (unpaired) electrons. The molecule has 4 aliphatic carbocycles. The predicted octanol–water partition coefficient (Wildman–Crippen LogP) is 2.91. The summed E-state index contributed by atoms with van der Waals surface area (Å²) >= 11 is 0. The number of rotatable bonds is 4. The van der Waals surface area contributed by atoms with Gasteiger partial charge >= 0.3 is 11.9 Å². The first-order valence-electron chi connectivity index (χ1n) is 11.3. The van der Waals surface area contributed by atoms with Crippen LogP contribution in [0, 0.1) is 28.6 Å². The van der Waals surface area contributed by atoms with Crippen molar-refractivity contribution >= 4 is 29.3 Å². The smallest absolute Gasteiger partial charge is 0.303 e. The van der Waals surface area contributed by atoms with Gasteiger partial charge in [-0.05, 0) is 49.7 Å². The van der Waals surface area contributed by atoms with Gasteiger partial charge in [0.25, 0.3) is 0 Å². The molecule has 0 N–H and O–H groups in total. The van der Waals surface area contributed by atoms with Gasteiger partial charge < -0.3 is 9.47 Å². The van der Waals surface area contributed by atoms with Gasteiger partial charge in [-0.2, -0.15) is 0 Å². The number of hydrogen-bond acceptors (Lipinski definition) is 7. The molecule has 7 nitrogen and oxygen atoms in total. The molecular weight excluding hydrogens is 412 g/mol. The molecule has 4 rings (SSSR count). The third-order valence-electron chi connectivity index (χ3n) is 8.55. The van der Waals surface area contributed by atoms with E-state index in [0.29, 0.717) is 12.8 Å². The van der Waals surface area contributed by atoms with E-state index < -0.39 is 40.8 Å². The topological polar surface area (TPSA) is 104 Å². The molecule has 0 aromatic rings. The highest BCUT2D eigenvalue weighted by atomic mass is 16.6. The quantitative estimate of drug-likeness (QED) is 0.617. The number of allylic oxidation sites excluding steroid dienone is 4. The Bertz CT molecular complexity index is 975. The Hall–Kier alpha value is -2.57. The molecular formula is C25H30O7. The van der Waals surface area contributed by atoms with Crippen LogP contribution >= 0.6 is 0 Å². The third kappa shape index (κ3) is 3.11. The second-order valence-electron chi connectivity index (χ2n) is 10.2. The second kappa shape index (κ2) is 7.49. The van der Waals surface area contributed by atoms with Crippen LogP contribution < -0.4 is 0 Å². The monoisotopic (exact) mass is 442 g/mol. The van der Waals surface area contributed by atoms with E-state index in [1.54, 1.807) is 12.2 Å². The zero-order valence-electron chi connectivity index (χ0n) is 19.1. The normalized spacial score (nSPS) is 40.0.